The molecule has 2 aromatic rings. The van der Waals surface area contributed by atoms with E-state index in [1.165, 1.54) is 6.07 Å². The molecule has 9 heteroatoms. The smallest absolute Gasteiger partial charge is 0.744 e. The Kier molecular flexibility index (Phi) is 5.13. The summed E-state index contributed by atoms with van der Waals surface area (Å²) < 4.78 is 33.8. The molecule has 0 atom stereocenters. The first-order valence-corrected chi connectivity index (χ1v) is 6.62. The standard InChI is InChI=1S/C12H8O7S.Na/c13-11(14)7-2-3-8-6(5-7)1-4-9(12(15)16)10(8)20(17,18)19;/h1-5H,(H,13,14)(H,15,16)(H,17,18,19);/q;+1/p-1. The molecule has 0 aliphatic rings. The van der Waals surface area contributed by atoms with Gasteiger partial charge in [0, 0.05) is 5.39 Å². The van der Waals surface area contributed by atoms with Crippen LogP contribution in [0, 0.1) is 0 Å². The second-order valence-electron chi connectivity index (χ2n) is 3.94. The summed E-state index contributed by atoms with van der Waals surface area (Å²) in [6.07, 6.45) is 0. The largest absolute Gasteiger partial charge is 1.00 e. The molecule has 104 valence electrons. The van der Waals surface area contributed by atoms with E-state index in [1.807, 2.05) is 0 Å². The minimum absolute atomic E-state index is 0. The molecule has 0 aliphatic heterocycles. The van der Waals surface area contributed by atoms with Gasteiger partial charge in [0.15, 0.2) is 0 Å². The number of carboxylic acid groups (broad SMARTS) is 2. The van der Waals surface area contributed by atoms with E-state index in [0.29, 0.717) is 0 Å². The van der Waals surface area contributed by atoms with Gasteiger partial charge in [0.25, 0.3) is 0 Å². The monoisotopic (exact) mass is 318 g/mol. The molecule has 0 radical (unpaired) electrons. The van der Waals surface area contributed by atoms with Gasteiger partial charge in [-0.2, -0.15) is 0 Å². The Morgan fingerprint density at radius 2 is 1.62 bits per heavy atom. The fourth-order valence-corrected chi connectivity index (χ4v) is 2.75. The molecule has 0 aliphatic carbocycles. The van der Waals surface area contributed by atoms with Gasteiger partial charge in [-0.15, -0.1) is 0 Å². The van der Waals surface area contributed by atoms with Gasteiger partial charge in [0.05, 0.1) is 16.0 Å². The van der Waals surface area contributed by atoms with Crippen LogP contribution in [0.1, 0.15) is 20.7 Å². The number of aromatic carboxylic acids is 2. The van der Waals surface area contributed by atoms with Crippen LogP contribution in [0.3, 0.4) is 0 Å². The van der Waals surface area contributed by atoms with Crippen LogP contribution in [0.25, 0.3) is 10.8 Å². The Morgan fingerprint density at radius 3 is 2.10 bits per heavy atom. The van der Waals surface area contributed by atoms with E-state index in [1.54, 1.807) is 0 Å². The number of rotatable bonds is 3. The summed E-state index contributed by atoms with van der Waals surface area (Å²) in [7, 11) is -5.02. The van der Waals surface area contributed by atoms with E-state index >= 15 is 0 Å². The molecule has 7 nitrogen and oxygen atoms in total. The minimum Gasteiger partial charge on any atom is -0.744 e. The summed E-state index contributed by atoms with van der Waals surface area (Å²) in [5, 5.41) is 17.8. The predicted octanol–water partition coefficient (Wildman–Crippen LogP) is -1.86. The summed E-state index contributed by atoms with van der Waals surface area (Å²) in [4.78, 5) is 21.0. The molecule has 0 amide bonds. The zero-order valence-corrected chi connectivity index (χ0v) is 13.5. The Labute approximate surface area is 141 Å². The van der Waals surface area contributed by atoms with Gasteiger partial charge in [-0.3, -0.25) is 0 Å². The number of benzene rings is 2. The van der Waals surface area contributed by atoms with E-state index in [-0.39, 0.29) is 45.9 Å². The van der Waals surface area contributed by atoms with Crippen LogP contribution < -0.4 is 29.6 Å². The number of hydrogen-bond donors (Lipinski definition) is 2. The fraction of sp³-hybridized carbons (Fsp3) is 0. The topological polar surface area (TPSA) is 132 Å². The van der Waals surface area contributed by atoms with Crippen LogP contribution in [0.2, 0.25) is 0 Å². The van der Waals surface area contributed by atoms with Crippen molar-refractivity contribution in [1.29, 1.82) is 0 Å². The second-order valence-corrected chi connectivity index (χ2v) is 5.26. The van der Waals surface area contributed by atoms with Crippen molar-refractivity contribution in [2.75, 3.05) is 0 Å². The normalized spacial score (nSPS) is 10.9. The van der Waals surface area contributed by atoms with E-state index < -0.39 is 32.5 Å². The molecular weight excluding hydrogens is 311 g/mol. The maximum Gasteiger partial charge on any atom is 1.00 e. The van der Waals surface area contributed by atoms with Gasteiger partial charge in [-0.25, -0.2) is 18.0 Å². The van der Waals surface area contributed by atoms with Crippen molar-refractivity contribution < 1.29 is 62.3 Å². The molecule has 0 saturated heterocycles. The van der Waals surface area contributed by atoms with E-state index in [0.717, 1.165) is 24.3 Å². The molecule has 0 spiro atoms. The number of carbonyl (C=O) groups is 2. The molecule has 21 heavy (non-hydrogen) atoms. The molecule has 0 heterocycles. The van der Waals surface area contributed by atoms with Gasteiger partial charge >= 0.3 is 41.5 Å². The zero-order valence-electron chi connectivity index (χ0n) is 10.7. The Balaban J connectivity index is 0.00000220. The third-order valence-corrected chi connectivity index (χ3v) is 3.64. The Bertz CT molecular complexity index is 842. The summed E-state index contributed by atoms with van der Waals surface area (Å²) in [6.45, 7) is 0. The summed E-state index contributed by atoms with van der Waals surface area (Å²) in [5.41, 5.74) is -0.745. The second kappa shape index (κ2) is 6.12. The molecule has 0 aromatic heterocycles. The van der Waals surface area contributed by atoms with Crippen LogP contribution in [-0.2, 0) is 10.1 Å². The Hall–Kier alpha value is -1.45. The van der Waals surface area contributed by atoms with E-state index in [2.05, 4.69) is 0 Å². The maximum absolute atomic E-state index is 11.3. The van der Waals surface area contributed by atoms with Gasteiger partial charge in [-0.1, -0.05) is 12.1 Å². The van der Waals surface area contributed by atoms with Crippen LogP contribution in [0.5, 0.6) is 0 Å². The first-order chi connectivity index (χ1) is 9.21. The van der Waals surface area contributed by atoms with Crippen LogP contribution in [-0.4, -0.2) is 35.1 Å². The first-order valence-electron chi connectivity index (χ1n) is 5.21. The SMILES string of the molecule is O=C(O)c1ccc2c(S(=O)(=O)[O-])c(C(=O)O)ccc2c1.[Na+]. The van der Waals surface area contributed by atoms with Crippen molar-refractivity contribution in [2.24, 2.45) is 0 Å². The van der Waals surface area contributed by atoms with Crippen molar-refractivity contribution in [3.05, 3.63) is 41.5 Å². The molecule has 0 bridgehead atoms. The van der Waals surface area contributed by atoms with Gasteiger partial charge in [-0.05, 0) is 23.6 Å². The maximum atomic E-state index is 11.3. The Morgan fingerprint density at radius 1 is 1.00 bits per heavy atom. The quantitative estimate of drug-likeness (QED) is 0.501. The average Bonchev–Trinajstić information content (AvgIpc) is 2.35. The van der Waals surface area contributed by atoms with Crippen molar-refractivity contribution in [3.63, 3.8) is 0 Å². The molecule has 0 unspecified atom stereocenters. The van der Waals surface area contributed by atoms with E-state index in [9.17, 15) is 22.6 Å². The number of fused-ring (bicyclic) bond motifs is 1. The summed E-state index contributed by atoms with van der Waals surface area (Å²) >= 11 is 0. The van der Waals surface area contributed by atoms with Crippen LogP contribution in [0.4, 0.5) is 0 Å². The minimum atomic E-state index is -5.02. The van der Waals surface area contributed by atoms with Crippen molar-refractivity contribution in [3.8, 4) is 0 Å². The van der Waals surface area contributed by atoms with Gasteiger partial charge in [0.1, 0.15) is 10.1 Å². The molecule has 2 N–H and O–H groups in total. The average molecular weight is 318 g/mol. The fourth-order valence-electron chi connectivity index (χ4n) is 1.87. The van der Waals surface area contributed by atoms with Gasteiger partial charge < -0.3 is 14.8 Å². The number of carboxylic acids is 2. The third kappa shape index (κ3) is 3.42. The van der Waals surface area contributed by atoms with Gasteiger partial charge in [0.2, 0.25) is 0 Å². The molecule has 0 saturated carbocycles. The zero-order chi connectivity index (χ0) is 15.1. The third-order valence-electron chi connectivity index (χ3n) is 2.70. The van der Waals surface area contributed by atoms with Crippen molar-refractivity contribution in [2.45, 2.75) is 4.90 Å². The number of hydrogen-bond acceptors (Lipinski definition) is 5. The van der Waals surface area contributed by atoms with Crippen LogP contribution in [0.15, 0.2) is 35.2 Å². The predicted molar refractivity (Wildman–Crippen MR) is 65.8 cm³/mol. The summed E-state index contributed by atoms with van der Waals surface area (Å²) in [6, 6.07) is 5.58. The summed E-state index contributed by atoms with van der Waals surface area (Å²) in [5.74, 6) is -2.77. The molecular formula is C12H7NaO7S. The van der Waals surface area contributed by atoms with Crippen molar-refractivity contribution in [1.82, 2.24) is 0 Å². The first kappa shape index (κ1) is 17.6. The molecule has 2 aromatic carbocycles. The molecule has 0 fully saturated rings. The van der Waals surface area contributed by atoms with Crippen molar-refractivity contribution >= 4 is 32.8 Å². The van der Waals surface area contributed by atoms with Crippen LogP contribution >= 0.6 is 0 Å². The molecule has 2 rings (SSSR count). The van der Waals surface area contributed by atoms with E-state index in [4.69, 9.17) is 10.2 Å².